The summed E-state index contributed by atoms with van der Waals surface area (Å²) in [4.78, 5) is 39.2. The second-order valence-corrected chi connectivity index (χ2v) is 8.46. The molecule has 0 radical (unpaired) electrons. The van der Waals surface area contributed by atoms with E-state index in [4.69, 9.17) is 4.52 Å². The van der Waals surface area contributed by atoms with Gasteiger partial charge in [0.1, 0.15) is 22.8 Å². The molecule has 1 aliphatic rings. The van der Waals surface area contributed by atoms with E-state index in [1.165, 1.54) is 24.3 Å². The van der Waals surface area contributed by atoms with Gasteiger partial charge in [-0.2, -0.15) is 0 Å². The average Bonchev–Trinajstić information content (AvgIpc) is 3.30. The molecule has 0 aliphatic carbocycles. The zero-order chi connectivity index (χ0) is 23.5. The van der Waals surface area contributed by atoms with Crippen molar-refractivity contribution in [1.29, 1.82) is 0 Å². The topological polar surface area (TPSA) is 92.5 Å². The molecule has 4 rings (SSSR count). The third-order valence-corrected chi connectivity index (χ3v) is 5.98. The van der Waals surface area contributed by atoms with Crippen molar-refractivity contribution in [1.82, 2.24) is 15.4 Å². The molecular formula is C24H20FN3O4S. The average molecular weight is 466 g/mol. The van der Waals surface area contributed by atoms with Crippen molar-refractivity contribution in [3.8, 4) is 11.3 Å². The minimum absolute atomic E-state index is 0.0256. The number of aromatic nitrogens is 1. The van der Waals surface area contributed by atoms with Crippen molar-refractivity contribution in [2.24, 2.45) is 0 Å². The standard InChI is InChI=1S/C24H20FN3O4S/c1-14-3-5-16(6-4-14)13-19-23(30)28(24(31)33-19)12-11-26-22(29)20-15(2)32-27-21(20)17-7-9-18(25)10-8-17/h3-10,13H,11-12H2,1-2H3,(H,26,29)/b19-13+. The highest BCUT2D eigenvalue weighted by Gasteiger charge is 2.34. The summed E-state index contributed by atoms with van der Waals surface area (Å²) in [5.74, 6) is -0.958. The normalized spacial score (nSPS) is 14.9. The first-order valence-corrected chi connectivity index (χ1v) is 11.0. The second kappa shape index (κ2) is 9.41. The minimum Gasteiger partial charge on any atom is -0.360 e. The molecule has 1 N–H and O–H groups in total. The Labute approximate surface area is 193 Å². The van der Waals surface area contributed by atoms with Gasteiger partial charge >= 0.3 is 0 Å². The molecule has 3 amide bonds. The highest BCUT2D eigenvalue weighted by molar-refractivity contribution is 8.18. The van der Waals surface area contributed by atoms with Crippen LogP contribution in [0.4, 0.5) is 9.18 Å². The van der Waals surface area contributed by atoms with Crippen LogP contribution < -0.4 is 5.32 Å². The number of benzene rings is 2. The van der Waals surface area contributed by atoms with E-state index in [9.17, 15) is 18.8 Å². The van der Waals surface area contributed by atoms with E-state index in [-0.39, 0.29) is 29.6 Å². The van der Waals surface area contributed by atoms with Crippen LogP contribution in [-0.2, 0) is 4.79 Å². The van der Waals surface area contributed by atoms with Gasteiger partial charge < -0.3 is 9.84 Å². The van der Waals surface area contributed by atoms with Gasteiger partial charge in [0.2, 0.25) is 0 Å². The van der Waals surface area contributed by atoms with Gasteiger partial charge in [0, 0.05) is 18.7 Å². The largest absolute Gasteiger partial charge is 0.360 e. The summed E-state index contributed by atoms with van der Waals surface area (Å²) in [6, 6.07) is 13.2. The van der Waals surface area contributed by atoms with Crippen LogP contribution in [0.15, 0.2) is 58.0 Å². The van der Waals surface area contributed by atoms with Crippen LogP contribution in [0.1, 0.15) is 27.2 Å². The van der Waals surface area contributed by atoms with E-state index in [2.05, 4.69) is 10.5 Å². The monoisotopic (exact) mass is 465 g/mol. The lowest BCUT2D eigenvalue weighted by atomic mass is 10.1. The summed E-state index contributed by atoms with van der Waals surface area (Å²) < 4.78 is 18.4. The quantitative estimate of drug-likeness (QED) is 0.537. The first-order chi connectivity index (χ1) is 15.8. The van der Waals surface area contributed by atoms with E-state index < -0.39 is 17.6 Å². The maximum Gasteiger partial charge on any atom is 0.293 e. The van der Waals surface area contributed by atoms with Gasteiger partial charge in [-0.15, -0.1) is 0 Å². The van der Waals surface area contributed by atoms with Crippen molar-refractivity contribution < 1.29 is 23.3 Å². The molecule has 0 atom stereocenters. The number of hydrogen-bond acceptors (Lipinski definition) is 6. The Morgan fingerprint density at radius 1 is 1.12 bits per heavy atom. The number of carbonyl (C=O) groups is 3. The van der Waals surface area contributed by atoms with E-state index in [0.717, 1.165) is 27.8 Å². The molecule has 7 nitrogen and oxygen atoms in total. The van der Waals surface area contributed by atoms with Crippen molar-refractivity contribution in [3.05, 3.63) is 81.7 Å². The highest BCUT2D eigenvalue weighted by Crippen LogP contribution is 2.32. The predicted molar refractivity (Wildman–Crippen MR) is 123 cm³/mol. The maximum absolute atomic E-state index is 13.2. The summed E-state index contributed by atoms with van der Waals surface area (Å²) in [7, 11) is 0. The fourth-order valence-electron chi connectivity index (χ4n) is 3.32. The Kier molecular flexibility index (Phi) is 6.41. The molecule has 0 spiro atoms. The lowest BCUT2D eigenvalue weighted by molar-refractivity contribution is -0.122. The highest BCUT2D eigenvalue weighted by atomic mass is 32.2. The Balaban J connectivity index is 1.41. The van der Waals surface area contributed by atoms with Crippen molar-refractivity contribution in [2.75, 3.05) is 13.1 Å². The summed E-state index contributed by atoms with van der Waals surface area (Å²) in [6.45, 7) is 3.65. The third-order valence-electron chi connectivity index (χ3n) is 5.08. The summed E-state index contributed by atoms with van der Waals surface area (Å²) >= 11 is 0.871. The summed E-state index contributed by atoms with van der Waals surface area (Å²) in [6.07, 6.45) is 1.68. The van der Waals surface area contributed by atoms with Gasteiger partial charge in [0.15, 0.2) is 0 Å². The summed E-state index contributed by atoms with van der Waals surface area (Å²) in [5.41, 5.74) is 2.97. The van der Waals surface area contributed by atoms with Crippen LogP contribution in [0.2, 0.25) is 0 Å². The molecule has 2 heterocycles. The molecule has 33 heavy (non-hydrogen) atoms. The smallest absolute Gasteiger partial charge is 0.293 e. The van der Waals surface area contributed by atoms with Crippen LogP contribution in [0.5, 0.6) is 0 Å². The van der Waals surface area contributed by atoms with Crippen LogP contribution in [0.3, 0.4) is 0 Å². The van der Waals surface area contributed by atoms with Gasteiger partial charge in [-0.3, -0.25) is 19.3 Å². The molecule has 1 fully saturated rings. The van der Waals surface area contributed by atoms with Gasteiger partial charge in [0.25, 0.3) is 17.1 Å². The minimum atomic E-state index is -0.463. The molecule has 2 aromatic carbocycles. The van der Waals surface area contributed by atoms with Gasteiger partial charge in [0.05, 0.1) is 4.91 Å². The molecule has 1 aromatic heterocycles. The lowest BCUT2D eigenvalue weighted by Crippen LogP contribution is -2.37. The van der Waals surface area contributed by atoms with Crippen LogP contribution in [0, 0.1) is 19.7 Å². The third kappa shape index (κ3) is 4.88. The van der Waals surface area contributed by atoms with E-state index in [1.807, 2.05) is 31.2 Å². The molecule has 3 aromatic rings. The maximum atomic E-state index is 13.2. The number of nitrogens with one attached hydrogen (secondary N) is 1. The number of nitrogens with zero attached hydrogens (tertiary/aromatic N) is 2. The Morgan fingerprint density at radius 3 is 2.52 bits per heavy atom. The van der Waals surface area contributed by atoms with Crippen molar-refractivity contribution in [2.45, 2.75) is 13.8 Å². The molecule has 1 saturated heterocycles. The number of amides is 3. The van der Waals surface area contributed by atoms with Crippen LogP contribution >= 0.6 is 11.8 Å². The number of carbonyl (C=O) groups excluding carboxylic acids is 3. The summed E-state index contributed by atoms with van der Waals surface area (Å²) in [5, 5.41) is 6.22. The molecule has 168 valence electrons. The zero-order valence-electron chi connectivity index (χ0n) is 17.9. The molecule has 0 unspecified atom stereocenters. The van der Waals surface area contributed by atoms with Crippen molar-refractivity contribution >= 4 is 34.9 Å². The Bertz CT molecular complexity index is 1250. The first-order valence-electron chi connectivity index (χ1n) is 10.2. The molecule has 1 aliphatic heterocycles. The van der Waals surface area contributed by atoms with Gasteiger partial charge in [-0.25, -0.2) is 4.39 Å². The lowest BCUT2D eigenvalue weighted by Gasteiger charge is -2.13. The number of rotatable bonds is 6. The fourth-order valence-corrected chi connectivity index (χ4v) is 4.19. The zero-order valence-corrected chi connectivity index (χ0v) is 18.7. The van der Waals surface area contributed by atoms with Gasteiger partial charge in [-0.1, -0.05) is 35.0 Å². The second-order valence-electron chi connectivity index (χ2n) is 7.47. The first kappa shape index (κ1) is 22.5. The van der Waals surface area contributed by atoms with Gasteiger partial charge in [-0.05, 0) is 61.5 Å². The number of thioether (sulfide) groups is 1. The Morgan fingerprint density at radius 2 is 1.82 bits per heavy atom. The molecule has 0 saturated carbocycles. The molecule has 9 heteroatoms. The van der Waals surface area contributed by atoms with E-state index in [1.54, 1.807) is 13.0 Å². The van der Waals surface area contributed by atoms with Crippen LogP contribution in [-0.4, -0.2) is 40.2 Å². The fraction of sp³-hybridized carbons (Fsp3) is 0.167. The Hall–Kier alpha value is -3.72. The van der Waals surface area contributed by atoms with Crippen molar-refractivity contribution in [3.63, 3.8) is 0 Å². The number of imide groups is 1. The van der Waals surface area contributed by atoms with Crippen LogP contribution in [0.25, 0.3) is 17.3 Å². The number of halogens is 1. The molecule has 0 bridgehead atoms. The van der Waals surface area contributed by atoms with E-state index >= 15 is 0 Å². The number of aryl methyl sites for hydroxylation is 2. The predicted octanol–water partition coefficient (Wildman–Crippen LogP) is 4.56. The number of hydrogen-bond donors (Lipinski definition) is 1. The SMILES string of the molecule is Cc1ccc(/C=C2/SC(=O)N(CCNC(=O)c3c(-c4ccc(F)cc4)noc3C)C2=O)cc1. The van der Waals surface area contributed by atoms with E-state index in [0.29, 0.717) is 16.2 Å². The molecular weight excluding hydrogens is 445 g/mol.